The second-order valence-electron chi connectivity index (χ2n) is 4.09. The molecule has 1 aliphatic rings. The van der Waals surface area contributed by atoms with Crippen molar-refractivity contribution in [3.05, 3.63) is 29.6 Å². The van der Waals surface area contributed by atoms with E-state index in [9.17, 15) is 18.8 Å². The molecule has 100 valence electrons. The zero-order chi connectivity index (χ0) is 14.0. The topological polar surface area (TPSA) is 92.5 Å². The molecule has 0 saturated carbocycles. The maximum absolute atomic E-state index is 13.7. The van der Waals surface area contributed by atoms with Gasteiger partial charge in [-0.05, 0) is 18.6 Å². The highest BCUT2D eigenvalue weighted by Crippen LogP contribution is 2.31. The lowest BCUT2D eigenvalue weighted by Gasteiger charge is -2.16. The molecule has 0 radical (unpaired) electrons. The van der Waals surface area contributed by atoms with E-state index in [0.29, 0.717) is 0 Å². The zero-order valence-electron chi connectivity index (χ0n) is 9.98. The van der Waals surface area contributed by atoms with Crippen molar-refractivity contribution < 1.29 is 18.8 Å². The van der Waals surface area contributed by atoms with Crippen molar-refractivity contribution in [3.63, 3.8) is 0 Å². The monoisotopic (exact) mass is 265 g/mol. The van der Waals surface area contributed by atoms with Gasteiger partial charge in [-0.3, -0.25) is 19.8 Å². The van der Waals surface area contributed by atoms with E-state index in [1.165, 1.54) is 18.2 Å². The molecule has 3 N–H and O–H groups in total. The van der Waals surface area contributed by atoms with Crippen LogP contribution < -0.4 is 16.2 Å². The molecule has 0 aromatic heterocycles. The zero-order valence-corrected chi connectivity index (χ0v) is 9.98. The Morgan fingerprint density at radius 2 is 2.11 bits per heavy atom. The molecule has 0 atom stereocenters. The van der Waals surface area contributed by atoms with Crippen molar-refractivity contribution in [1.29, 1.82) is 0 Å². The van der Waals surface area contributed by atoms with E-state index in [0.717, 1.165) is 4.90 Å². The van der Waals surface area contributed by atoms with Crippen LogP contribution in [0.4, 0.5) is 10.1 Å². The van der Waals surface area contributed by atoms with Crippen molar-refractivity contribution >= 4 is 23.3 Å². The van der Waals surface area contributed by atoms with Gasteiger partial charge in [0.2, 0.25) is 5.91 Å². The number of amides is 2. The summed E-state index contributed by atoms with van der Waals surface area (Å²) in [6.45, 7) is 0.0892. The minimum Gasteiger partial charge on any atom is -0.302 e. The summed E-state index contributed by atoms with van der Waals surface area (Å²) in [5, 5.41) is 0. The maximum Gasteiger partial charge on any atom is 0.299 e. The fourth-order valence-corrected chi connectivity index (χ4v) is 2.00. The summed E-state index contributed by atoms with van der Waals surface area (Å²) < 4.78 is 13.7. The molecule has 2 rings (SSSR count). The van der Waals surface area contributed by atoms with Gasteiger partial charge in [0, 0.05) is 13.0 Å². The number of nitrogens with two attached hydrogens (primary N) is 1. The van der Waals surface area contributed by atoms with Crippen LogP contribution in [0, 0.1) is 5.82 Å². The van der Waals surface area contributed by atoms with Gasteiger partial charge in [-0.15, -0.1) is 0 Å². The number of hydrogen-bond acceptors (Lipinski definition) is 4. The van der Waals surface area contributed by atoms with E-state index in [1.807, 2.05) is 5.43 Å². The Balaban J connectivity index is 2.17. The minimum atomic E-state index is -0.770. The minimum absolute atomic E-state index is 0.00865. The first-order valence-electron chi connectivity index (χ1n) is 5.70. The molecule has 19 heavy (non-hydrogen) atoms. The number of rotatable bonds is 4. The first-order valence-corrected chi connectivity index (χ1v) is 5.70. The van der Waals surface area contributed by atoms with Crippen molar-refractivity contribution in [2.24, 2.45) is 5.84 Å². The Bertz CT molecular complexity index is 559. The number of ketones is 1. The molecule has 1 aliphatic heterocycles. The van der Waals surface area contributed by atoms with Crippen molar-refractivity contribution in [1.82, 2.24) is 5.43 Å². The van der Waals surface area contributed by atoms with E-state index >= 15 is 0 Å². The number of carbonyl (C=O) groups is 3. The third-order valence-corrected chi connectivity index (χ3v) is 2.89. The lowest BCUT2D eigenvalue weighted by Crippen LogP contribution is -2.33. The number of nitrogens with zero attached hydrogens (tertiary/aromatic N) is 1. The number of nitrogens with one attached hydrogen (secondary N) is 1. The Kier molecular flexibility index (Phi) is 3.57. The maximum atomic E-state index is 13.7. The Morgan fingerprint density at radius 3 is 2.79 bits per heavy atom. The van der Waals surface area contributed by atoms with E-state index < -0.39 is 17.5 Å². The highest BCUT2D eigenvalue weighted by atomic mass is 19.1. The van der Waals surface area contributed by atoms with E-state index in [1.54, 1.807) is 0 Å². The number of carbonyl (C=O) groups excluding carboxylic acids is 3. The fraction of sp³-hybridized carbons (Fsp3) is 0.250. The van der Waals surface area contributed by atoms with Crippen molar-refractivity contribution in [2.45, 2.75) is 12.8 Å². The number of para-hydroxylation sites is 1. The number of benzene rings is 1. The van der Waals surface area contributed by atoms with Crippen LogP contribution in [0.1, 0.15) is 23.2 Å². The number of Topliss-reactive ketones (excluding diaryl/α,β-unsaturated/α-hetero) is 1. The molecular weight excluding hydrogens is 253 g/mol. The number of anilines is 1. The summed E-state index contributed by atoms with van der Waals surface area (Å²) >= 11 is 0. The largest absolute Gasteiger partial charge is 0.302 e. The lowest BCUT2D eigenvalue weighted by atomic mass is 10.1. The van der Waals surface area contributed by atoms with Gasteiger partial charge in [-0.1, -0.05) is 6.07 Å². The average Bonchev–Trinajstić information content (AvgIpc) is 2.65. The van der Waals surface area contributed by atoms with Gasteiger partial charge in [-0.2, -0.15) is 0 Å². The SMILES string of the molecule is NNC(=O)CCCN1C(=O)C(=O)c2cccc(F)c21. The van der Waals surface area contributed by atoms with Gasteiger partial charge >= 0.3 is 0 Å². The number of hydrazine groups is 1. The molecule has 1 heterocycles. The Morgan fingerprint density at radius 1 is 1.37 bits per heavy atom. The van der Waals surface area contributed by atoms with Crippen LogP contribution in [0.3, 0.4) is 0 Å². The van der Waals surface area contributed by atoms with Gasteiger partial charge in [0.25, 0.3) is 11.7 Å². The molecule has 0 unspecified atom stereocenters. The fourth-order valence-electron chi connectivity index (χ4n) is 2.00. The Labute approximate surface area is 108 Å². The van der Waals surface area contributed by atoms with Crippen LogP contribution in [0.2, 0.25) is 0 Å². The summed E-state index contributed by atoms with van der Waals surface area (Å²) in [6, 6.07) is 3.97. The summed E-state index contributed by atoms with van der Waals surface area (Å²) in [5.41, 5.74) is 2.01. The summed E-state index contributed by atoms with van der Waals surface area (Å²) in [6.07, 6.45) is 0.383. The molecule has 0 aliphatic carbocycles. The Hall–Kier alpha value is -2.28. The van der Waals surface area contributed by atoms with Gasteiger partial charge in [0.05, 0.1) is 11.3 Å². The molecule has 7 heteroatoms. The second kappa shape index (κ2) is 5.15. The van der Waals surface area contributed by atoms with Crippen LogP contribution in [0.25, 0.3) is 0 Å². The molecule has 1 aromatic carbocycles. The van der Waals surface area contributed by atoms with Gasteiger partial charge < -0.3 is 4.90 Å². The highest BCUT2D eigenvalue weighted by Gasteiger charge is 2.37. The van der Waals surface area contributed by atoms with Crippen LogP contribution in [0.15, 0.2) is 18.2 Å². The van der Waals surface area contributed by atoms with Crippen LogP contribution in [0.5, 0.6) is 0 Å². The number of hydrogen-bond donors (Lipinski definition) is 2. The summed E-state index contributed by atoms with van der Waals surface area (Å²) in [7, 11) is 0. The number of fused-ring (bicyclic) bond motifs is 1. The van der Waals surface area contributed by atoms with Crippen LogP contribution in [-0.4, -0.2) is 24.1 Å². The molecule has 0 fully saturated rings. The van der Waals surface area contributed by atoms with Crippen molar-refractivity contribution in [3.8, 4) is 0 Å². The second-order valence-corrected chi connectivity index (χ2v) is 4.09. The average molecular weight is 265 g/mol. The standard InChI is InChI=1S/C12H12FN3O3/c13-8-4-1-3-7-10(8)16(12(19)11(7)18)6-2-5-9(17)15-14/h1,3-4H,2,5-6,14H2,(H,15,17). The molecule has 6 nitrogen and oxygen atoms in total. The first-order chi connectivity index (χ1) is 9.06. The van der Waals surface area contributed by atoms with E-state index in [2.05, 4.69) is 0 Å². The van der Waals surface area contributed by atoms with Gasteiger partial charge in [0.1, 0.15) is 5.82 Å². The lowest BCUT2D eigenvalue weighted by molar-refractivity contribution is -0.121. The molecular formula is C12H12FN3O3. The highest BCUT2D eigenvalue weighted by molar-refractivity contribution is 6.52. The predicted octanol–water partition coefficient (Wildman–Crippen LogP) is 0.125. The quantitative estimate of drug-likeness (QED) is 0.350. The first kappa shape index (κ1) is 13.2. The molecule has 0 saturated heterocycles. The van der Waals surface area contributed by atoms with Gasteiger partial charge in [0.15, 0.2) is 0 Å². The molecule has 2 amide bonds. The molecule has 0 bridgehead atoms. The predicted molar refractivity (Wildman–Crippen MR) is 64.6 cm³/mol. The third kappa shape index (κ3) is 2.32. The normalized spacial score (nSPS) is 13.7. The molecule has 0 spiro atoms. The van der Waals surface area contributed by atoms with E-state index in [-0.39, 0.29) is 36.5 Å². The third-order valence-electron chi connectivity index (χ3n) is 2.89. The van der Waals surface area contributed by atoms with Crippen LogP contribution >= 0.6 is 0 Å². The number of halogens is 1. The summed E-state index contributed by atoms with van der Waals surface area (Å²) in [4.78, 5) is 35.4. The van der Waals surface area contributed by atoms with Gasteiger partial charge in [-0.25, -0.2) is 10.2 Å². The van der Waals surface area contributed by atoms with Crippen LogP contribution in [-0.2, 0) is 9.59 Å². The summed E-state index contributed by atoms with van der Waals surface area (Å²) in [5.74, 6) is 2.42. The smallest absolute Gasteiger partial charge is 0.299 e. The molecule has 1 aromatic rings. The van der Waals surface area contributed by atoms with Crippen molar-refractivity contribution in [2.75, 3.05) is 11.4 Å². The van der Waals surface area contributed by atoms with E-state index in [4.69, 9.17) is 5.84 Å².